The van der Waals surface area contributed by atoms with E-state index in [0.29, 0.717) is 12.0 Å². The summed E-state index contributed by atoms with van der Waals surface area (Å²) < 4.78 is 28.8. The Morgan fingerprint density at radius 1 is 1.17 bits per heavy atom. The molecule has 0 aliphatic heterocycles. The SMILES string of the molecule is C[C@@H](Cc1csc2ccccc12)NS(=O)(=O)c1ccc(C#N)cc1. The minimum absolute atomic E-state index is 0.170. The summed E-state index contributed by atoms with van der Waals surface area (Å²) in [5.41, 5.74) is 1.58. The van der Waals surface area contributed by atoms with E-state index in [1.807, 2.05) is 25.1 Å². The first kappa shape index (κ1) is 16.7. The molecule has 3 aromatic rings. The summed E-state index contributed by atoms with van der Waals surface area (Å²) in [4.78, 5) is 0.170. The van der Waals surface area contributed by atoms with Gasteiger partial charge in [-0.05, 0) is 60.0 Å². The quantitative estimate of drug-likeness (QED) is 0.758. The summed E-state index contributed by atoms with van der Waals surface area (Å²) in [6, 6.07) is 15.8. The molecule has 0 bridgehead atoms. The summed E-state index contributed by atoms with van der Waals surface area (Å²) in [5, 5.41) is 12.0. The van der Waals surface area contributed by atoms with Gasteiger partial charge in [0.25, 0.3) is 0 Å². The Balaban J connectivity index is 1.75. The second-order valence-electron chi connectivity index (χ2n) is 5.62. The van der Waals surface area contributed by atoms with Crippen molar-refractivity contribution in [2.45, 2.75) is 24.3 Å². The summed E-state index contributed by atoms with van der Waals surface area (Å²) in [6.07, 6.45) is 0.625. The van der Waals surface area contributed by atoms with Crippen LogP contribution in [0.15, 0.2) is 58.8 Å². The van der Waals surface area contributed by atoms with Crippen LogP contribution in [0.5, 0.6) is 0 Å². The predicted molar refractivity (Wildman–Crippen MR) is 96.5 cm³/mol. The average molecular weight is 356 g/mol. The van der Waals surface area contributed by atoms with Gasteiger partial charge in [0.2, 0.25) is 10.0 Å². The Morgan fingerprint density at radius 3 is 2.58 bits per heavy atom. The second kappa shape index (κ2) is 6.73. The molecule has 0 fully saturated rings. The lowest BCUT2D eigenvalue weighted by Gasteiger charge is -2.14. The van der Waals surface area contributed by atoms with Crippen LogP contribution in [0.25, 0.3) is 10.1 Å². The summed E-state index contributed by atoms with van der Waals surface area (Å²) in [6.45, 7) is 1.85. The second-order valence-corrected chi connectivity index (χ2v) is 8.24. The van der Waals surface area contributed by atoms with Crippen LogP contribution in [0.3, 0.4) is 0 Å². The van der Waals surface area contributed by atoms with Gasteiger partial charge in [-0.3, -0.25) is 0 Å². The number of nitrogens with one attached hydrogen (secondary N) is 1. The van der Waals surface area contributed by atoms with Crippen LogP contribution < -0.4 is 4.72 Å². The van der Waals surface area contributed by atoms with Crippen molar-refractivity contribution in [3.05, 3.63) is 65.0 Å². The van der Waals surface area contributed by atoms with Crippen molar-refractivity contribution in [2.75, 3.05) is 0 Å². The van der Waals surface area contributed by atoms with Crippen LogP contribution in [-0.2, 0) is 16.4 Å². The highest BCUT2D eigenvalue weighted by Crippen LogP contribution is 2.26. The lowest BCUT2D eigenvalue weighted by molar-refractivity contribution is 0.560. The van der Waals surface area contributed by atoms with Gasteiger partial charge in [0.05, 0.1) is 16.5 Å². The van der Waals surface area contributed by atoms with E-state index in [2.05, 4.69) is 22.2 Å². The van der Waals surface area contributed by atoms with E-state index < -0.39 is 10.0 Å². The number of nitrogens with zero attached hydrogens (tertiary/aromatic N) is 1. The number of fused-ring (bicyclic) bond motifs is 1. The Labute approximate surface area is 145 Å². The van der Waals surface area contributed by atoms with Crippen molar-refractivity contribution in [1.29, 1.82) is 5.26 Å². The van der Waals surface area contributed by atoms with Gasteiger partial charge >= 0.3 is 0 Å². The molecule has 3 rings (SSSR count). The van der Waals surface area contributed by atoms with Gasteiger partial charge in [-0.2, -0.15) is 5.26 Å². The first-order chi connectivity index (χ1) is 11.5. The number of sulfonamides is 1. The molecule has 24 heavy (non-hydrogen) atoms. The van der Waals surface area contributed by atoms with Gasteiger partial charge in [0, 0.05) is 10.7 Å². The molecule has 6 heteroatoms. The largest absolute Gasteiger partial charge is 0.240 e. The van der Waals surface area contributed by atoms with Gasteiger partial charge < -0.3 is 0 Å². The molecule has 122 valence electrons. The summed E-state index contributed by atoms with van der Waals surface area (Å²) in [5.74, 6) is 0. The Hall–Kier alpha value is -2.20. The van der Waals surface area contributed by atoms with Crippen molar-refractivity contribution >= 4 is 31.4 Å². The molecular formula is C18H16N2O2S2. The van der Waals surface area contributed by atoms with E-state index in [1.54, 1.807) is 11.3 Å². The van der Waals surface area contributed by atoms with Gasteiger partial charge in [-0.25, -0.2) is 13.1 Å². The third kappa shape index (κ3) is 3.49. The number of hydrogen-bond donors (Lipinski definition) is 1. The third-order valence-corrected chi connectivity index (χ3v) is 6.36. The Bertz CT molecular complexity index is 999. The predicted octanol–water partition coefficient (Wildman–Crippen LogP) is 3.68. The maximum Gasteiger partial charge on any atom is 0.240 e. The molecule has 2 aromatic carbocycles. The topological polar surface area (TPSA) is 70.0 Å². The molecule has 0 saturated carbocycles. The zero-order chi connectivity index (χ0) is 17.2. The first-order valence-electron chi connectivity index (χ1n) is 7.47. The Kier molecular flexibility index (Phi) is 4.67. The third-order valence-electron chi connectivity index (χ3n) is 3.74. The van der Waals surface area contributed by atoms with E-state index in [9.17, 15) is 8.42 Å². The molecule has 0 radical (unpaired) electrons. The van der Waals surface area contributed by atoms with Crippen LogP contribution in [0, 0.1) is 11.3 Å². The highest BCUT2D eigenvalue weighted by Gasteiger charge is 2.18. The molecule has 1 N–H and O–H groups in total. The molecule has 0 amide bonds. The fraction of sp³-hybridized carbons (Fsp3) is 0.167. The summed E-state index contributed by atoms with van der Waals surface area (Å²) in [7, 11) is -3.60. The van der Waals surface area contributed by atoms with E-state index >= 15 is 0 Å². The van der Waals surface area contributed by atoms with E-state index in [0.717, 1.165) is 5.56 Å². The molecule has 0 saturated heterocycles. The zero-order valence-corrected chi connectivity index (χ0v) is 14.7. The van der Waals surface area contributed by atoms with E-state index in [1.165, 1.54) is 34.4 Å². The van der Waals surface area contributed by atoms with Crippen molar-refractivity contribution in [1.82, 2.24) is 4.72 Å². The lowest BCUT2D eigenvalue weighted by Crippen LogP contribution is -2.34. The normalized spacial score (nSPS) is 12.8. The lowest BCUT2D eigenvalue weighted by atomic mass is 10.1. The van der Waals surface area contributed by atoms with Gasteiger partial charge in [-0.15, -0.1) is 11.3 Å². The molecule has 0 aliphatic carbocycles. The van der Waals surface area contributed by atoms with Crippen molar-refractivity contribution in [3.8, 4) is 6.07 Å². The maximum atomic E-state index is 12.4. The van der Waals surface area contributed by atoms with Crippen LogP contribution >= 0.6 is 11.3 Å². The Morgan fingerprint density at radius 2 is 1.88 bits per heavy atom. The molecule has 4 nitrogen and oxygen atoms in total. The van der Waals surface area contributed by atoms with Gasteiger partial charge in [0.15, 0.2) is 0 Å². The fourth-order valence-corrected chi connectivity index (χ4v) is 4.82. The molecule has 0 aliphatic rings. The minimum atomic E-state index is -3.60. The highest BCUT2D eigenvalue weighted by molar-refractivity contribution is 7.89. The smallest absolute Gasteiger partial charge is 0.208 e. The zero-order valence-electron chi connectivity index (χ0n) is 13.1. The molecule has 1 aromatic heterocycles. The number of hydrogen-bond acceptors (Lipinski definition) is 4. The summed E-state index contributed by atoms with van der Waals surface area (Å²) >= 11 is 1.67. The van der Waals surface area contributed by atoms with Crippen LogP contribution in [0.2, 0.25) is 0 Å². The molecule has 0 spiro atoms. The average Bonchev–Trinajstić information content (AvgIpc) is 2.97. The van der Waals surface area contributed by atoms with Gasteiger partial charge in [0.1, 0.15) is 0 Å². The minimum Gasteiger partial charge on any atom is -0.208 e. The van der Waals surface area contributed by atoms with Crippen molar-refractivity contribution < 1.29 is 8.42 Å². The molecule has 1 heterocycles. The molecular weight excluding hydrogens is 340 g/mol. The van der Waals surface area contributed by atoms with Crippen LogP contribution in [0.1, 0.15) is 18.1 Å². The van der Waals surface area contributed by atoms with Crippen molar-refractivity contribution in [2.24, 2.45) is 0 Å². The van der Waals surface area contributed by atoms with E-state index in [4.69, 9.17) is 5.26 Å². The number of rotatable bonds is 5. The number of thiophene rings is 1. The van der Waals surface area contributed by atoms with Crippen molar-refractivity contribution in [3.63, 3.8) is 0 Å². The molecule has 1 atom stereocenters. The monoisotopic (exact) mass is 356 g/mol. The maximum absolute atomic E-state index is 12.4. The molecule has 0 unspecified atom stereocenters. The fourth-order valence-electron chi connectivity index (χ4n) is 2.60. The van der Waals surface area contributed by atoms with Crippen LogP contribution in [0.4, 0.5) is 0 Å². The van der Waals surface area contributed by atoms with Gasteiger partial charge in [-0.1, -0.05) is 18.2 Å². The van der Waals surface area contributed by atoms with E-state index in [-0.39, 0.29) is 10.9 Å². The highest BCUT2D eigenvalue weighted by atomic mass is 32.2. The standard InChI is InChI=1S/C18H16N2O2S2/c1-13(10-15-12-23-18-5-3-2-4-17(15)18)20-24(21,22)16-8-6-14(11-19)7-9-16/h2-9,12-13,20H,10H2,1H3/t13-/m0/s1. The number of nitriles is 1. The van der Waals surface area contributed by atoms with Crippen LogP contribution in [-0.4, -0.2) is 14.5 Å². The number of benzene rings is 2. The first-order valence-corrected chi connectivity index (χ1v) is 9.83.